The molecule has 0 bridgehead atoms. The van der Waals surface area contributed by atoms with Crippen molar-refractivity contribution in [3.63, 3.8) is 0 Å². The lowest BCUT2D eigenvalue weighted by molar-refractivity contribution is -0.274. The van der Waals surface area contributed by atoms with E-state index in [-0.39, 0.29) is 17.7 Å². The molecule has 1 saturated heterocycles. The third-order valence-corrected chi connectivity index (χ3v) is 5.34. The highest BCUT2D eigenvalue weighted by Gasteiger charge is 2.30. The van der Waals surface area contributed by atoms with Crippen LogP contribution in [-0.4, -0.2) is 50.0 Å². The van der Waals surface area contributed by atoms with E-state index in [2.05, 4.69) is 21.0 Å². The number of amides is 1. The van der Waals surface area contributed by atoms with Crippen molar-refractivity contribution in [2.24, 2.45) is 0 Å². The van der Waals surface area contributed by atoms with Crippen molar-refractivity contribution < 1.29 is 27.4 Å². The zero-order chi connectivity index (χ0) is 20.7. The minimum atomic E-state index is -4.73. The Hall–Kier alpha value is -2.36. The van der Waals surface area contributed by atoms with Gasteiger partial charge in [0.1, 0.15) is 5.75 Å². The average Bonchev–Trinajstić information content (AvgIpc) is 3.22. The summed E-state index contributed by atoms with van der Waals surface area (Å²) < 4.78 is 45.8. The first-order valence-electron chi connectivity index (χ1n) is 9.08. The molecule has 1 aliphatic heterocycles. The van der Waals surface area contributed by atoms with E-state index in [0.717, 1.165) is 13.1 Å². The maximum Gasteiger partial charge on any atom is 0.573 e. The minimum absolute atomic E-state index is 0.0788. The molecule has 2 heterocycles. The quantitative estimate of drug-likeness (QED) is 0.684. The van der Waals surface area contributed by atoms with Crippen LogP contribution < -0.4 is 10.1 Å². The maximum atomic E-state index is 12.2. The topological polar surface area (TPSA) is 50.8 Å². The van der Waals surface area contributed by atoms with Gasteiger partial charge in [-0.3, -0.25) is 9.69 Å². The van der Waals surface area contributed by atoms with Gasteiger partial charge in [-0.05, 0) is 35.2 Å². The summed E-state index contributed by atoms with van der Waals surface area (Å²) in [4.78, 5) is 15.7. The van der Waals surface area contributed by atoms with Crippen molar-refractivity contribution in [2.75, 3.05) is 32.8 Å². The Morgan fingerprint density at radius 2 is 1.97 bits per heavy atom. The number of carbonyl (C=O) groups is 1. The van der Waals surface area contributed by atoms with Crippen LogP contribution in [0.1, 0.15) is 16.5 Å². The Labute approximate surface area is 170 Å². The van der Waals surface area contributed by atoms with Crippen LogP contribution in [-0.2, 0) is 9.53 Å². The number of halogens is 3. The normalized spacial score (nSPS) is 16.7. The van der Waals surface area contributed by atoms with Crippen LogP contribution in [0, 0.1) is 0 Å². The van der Waals surface area contributed by atoms with Gasteiger partial charge in [-0.1, -0.05) is 18.2 Å². The molecule has 1 N–H and O–H groups in total. The van der Waals surface area contributed by atoms with Gasteiger partial charge in [0.2, 0.25) is 5.91 Å². The Balaban J connectivity index is 1.55. The summed E-state index contributed by atoms with van der Waals surface area (Å²) in [5, 5.41) is 4.92. The lowest BCUT2D eigenvalue weighted by atomic mass is 10.1. The summed E-state index contributed by atoms with van der Waals surface area (Å²) in [7, 11) is 0. The molecule has 29 heavy (non-hydrogen) atoms. The van der Waals surface area contributed by atoms with Crippen molar-refractivity contribution in [3.05, 3.63) is 58.3 Å². The van der Waals surface area contributed by atoms with Gasteiger partial charge in [0.25, 0.3) is 0 Å². The Morgan fingerprint density at radius 1 is 1.24 bits per heavy atom. The van der Waals surface area contributed by atoms with E-state index in [9.17, 15) is 18.0 Å². The zero-order valence-electron chi connectivity index (χ0n) is 15.5. The highest BCUT2D eigenvalue weighted by molar-refractivity contribution is 7.10. The van der Waals surface area contributed by atoms with E-state index in [4.69, 9.17) is 4.74 Å². The average molecular weight is 426 g/mol. The van der Waals surface area contributed by atoms with E-state index in [1.54, 1.807) is 17.4 Å². The van der Waals surface area contributed by atoms with Crippen LogP contribution in [0.15, 0.2) is 47.9 Å². The number of benzene rings is 1. The number of carbonyl (C=O) groups excluding carboxylic acids is 1. The molecule has 0 unspecified atom stereocenters. The fraction of sp³-hybridized carbons (Fsp3) is 0.350. The van der Waals surface area contributed by atoms with Crippen LogP contribution in [0.4, 0.5) is 13.2 Å². The van der Waals surface area contributed by atoms with Crippen molar-refractivity contribution in [1.29, 1.82) is 0 Å². The summed E-state index contributed by atoms with van der Waals surface area (Å²) in [5.41, 5.74) is 0.595. The summed E-state index contributed by atoms with van der Waals surface area (Å²) in [6.07, 6.45) is -1.82. The van der Waals surface area contributed by atoms with Gasteiger partial charge in [-0.25, -0.2) is 0 Å². The highest BCUT2D eigenvalue weighted by atomic mass is 32.1. The predicted molar refractivity (Wildman–Crippen MR) is 105 cm³/mol. The molecule has 0 spiro atoms. The number of rotatable bonds is 7. The minimum Gasteiger partial charge on any atom is -0.406 e. The predicted octanol–water partition coefficient (Wildman–Crippen LogP) is 3.85. The van der Waals surface area contributed by atoms with Crippen molar-refractivity contribution in [1.82, 2.24) is 10.2 Å². The number of morpholine rings is 1. The molecule has 0 saturated carbocycles. The maximum absolute atomic E-state index is 12.2. The number of ether oxygens (including phenoxy) is 2. The number of hydrogen-bond acceptors (Lipinski definition) is 5. The molecule has 1 atom stereocenters. The summed E-state index contributed by atoms with van der Waals surface area (Å²) in [5.74, 6) is -0.571. The van der Waals surface area contributed by atoms with E-state index in [1.165, 1.54) is 35.2 Å². The second-order valence-corrected chi connectivity index (χ2v) is 7.35. The van der Waals surface area contributed by atoms with Crippen LogP contribution in [0.2, 0.25) is 0 Å². The van der Waals surface area contributed by atoms with Gasteiger partial charge in [-0.2, -0.15) is 0 Å². The number of thiophene rings is 1. The lowest BCUT2D eigenvalue weighted by Crippen LogP contribution is -2.43. The molecule has 0 aliphatic carbocycles. The highest BCUT2D eigenvalue weighted by Crippen LogP contribution is 2.25. The lowest BCUT2D eigenvalue weighted by Gasteiger charge is -2.34. The second kappa shape index (κ2) is 9.91. The van der Waals surface area contributed by atoms with Crippen LogP contribution in [0.5, 0.6) is 5.75 Å². The molecule has 1 aliphatic rings. The molecule has 9 heteroatoms. The Bertz CT molecular complexity index is 801. The van der Waals surface area contributed by atoms with Gasteiger partial charge in [0.05, 0.1) is 19.3 Å². The van der Waals surface area contributed by atoms with E-state index in [0.29, 0.717) is 25.3 Å². The van der Waals surface area contributed by atoms with E-state index >= 15 is 0 Å². The fourth-order valence-electron chi connectivity index (χ4n) is 2.99. The first kappa shape index (κ1) is 21.4. The summed E-state index contributed by atoms with van der Waals surface area (Å²) in [6, 6.07) is 9.43. The van der Waals surface area contributed by atoms with Gasteiger partial charge in [-0.15, -0.1) is 24.5 Å². The molecule has 1 fully saturated rings. The monoisotopic (exact) mass is 426 g/mol. The molecule has 156 valence electrons. The number of nitrogens with zero attached hydrogens (tertiary/aromatic N) is 1. The molecular weight excluding hydrogens is 405 g/mol. The molecule has 1 aromatic carbocycles. The van der Waals surface area contributed by atoms with E-state index in [1.807, 2.05) is 11.4 Å². The first-order chi connectivity index (χ1) is 13.9. The molecule has 1 amide bonds. The smallest absolute Gasteiger partial charge is 0.406 e. The molecule has 1 aromatic heterocycles. The SMILES string of the molecule is O=C(/C=C/c1ccc(OC(F)(F)F)cc1)NC[C@H](c1cccs1)N1CCOCC1. The van der Waals surface area contributed by atoms with Gasteiger partial charge in [0.15, 0.2) is 0 Å². The van der Waals surface area contributed by atoms with E-state index < -0.39 is 6.36 Å². The first-order valence-corrected chi connectivity index (χ1v) is 9.95. The molecule has 2 aromatic rings. The second-order valence-electron chi connectivity index (χ2n) is 6.37. The molecule has 5 nitrogen and oxygen atoms in total. The van der Waals surface area contributed by atoms with Crippen molar-refractivity contribution in [2.45, 2.75) is 12.4 Å². The van der Waals surface area contributed by atoms with Crippen LogP contribution in [0.25, 0.3) is 6.08 Å². The Morgan fingerprint density at radius 3 is 2.59 bits per heavy atom. The zero-order valence-corrected chi connectivity index (χ0v) is 16.3. The molecule has 0 radical (unpaired) electrons. The molecule has 3 rings (SSSR count). The Kier molecular flexibility index (Phi) is 7.29. The number of alkyl halides is 3. The van der Waals surface area contributed by atoms with Crippen molar-refractivity contribution >= 4 is 23.3 Å². The fourth-order valence-corrected chi connectivity index (χ4v) is 3.85. The standard InChI is InChI=1S/C20H21F3N2O3S/c21-20(22,23)28-16-6-3-15(4-7-16)5-8-19(26)24-14-17(18-2-1-13-29-18)25-9-11-27-12-10-25/h1-8,13,17H,9-12,14H2,(H,24,26)/b8-5+/t17-/m1/s1. The number of hydrogen-bond donors (Lipinski definition) is 1. The molecular formula is C20H21F3N2O3S. The summed E-state index contributed by atoms with van der Waals surface area (Å²) in [6.45, 7) is 3.41. The van der Waals surface area contributed by atoms with Crippen LogP contribution >= 0.6 is 11.3 Å². The van der Waals surface area contributed by atoms with Gasteiger partial charge < -0.3 is 14.8 Å². The van der Waals surface area contributed by atoms with Gasteiger partial charge in [0, 0.05) is 30.6 Å². The van der Waals surface area contributed by atoms with Crippen molar-refractivity contribution in [3.8, 4) is 5.75 Å². The third kappa shape index (κ3) is 6.88. The number of nitrogens with one attached hydrogen (secondary N) is 1. The van der Waals surface area contributed by atoms with Crippen LogP contribution in [0.3, 0.4) is 0 Å². The largest absolute Gasteiger partial charge is 0.573 e. The third-order valence-electron chi connectivity index (χ3n) is 4.37. The summed E-state index contributed by atoms with van der Waals surface area (Å²) >= 11 is 1.65. The van der Waals surface area contributed by atoms with Gasteiger partial charge >= 0.3 is 6.36 Å².